The maximum Gasteiger partial charge on any atom is 0.488 e. The van der Waals surface area contributed by atoms with Crippen molar-refractivity contribution in [3.8, 4) is 0 Å². The second-order valence-electron chi connectivity index (χ2n) is 3.43. The number of carbonyl (C=O) groups excluding carboxylic acids is 1. The Labute approximate surface area is 101 Å². The molecule has 0 spiro atoms. The van der Waals surface area contributed by atoms with E-state index in [1.54, 1.807) is 0 Å². The van der Waals surface area contributed by atoms with E-state index >= 15 is 0 Å². The van der Waals surface area contributed by atoms with E-state index in [1.807, 2.05) is 5.32 Å². The summed E-state index contributed by atoms with van der Waals surface area (Å²) in [4.78, 5) is 11.0. The van der Waals surface area contributed by atoms with Crippen molar-refractivity contribution in [2.75, 3.05) is 11.9 Å². The number of alkyl halides is 3. The third-order valence-corrected chi connectivity index (χ3v) is 2.11. The lowest BCUT2D eigenvalue weighted by atomic mass is 9.79. The third kappa shape index (κ3) is 3.46. The zero-order valence-corrected chi connectivity index (χ0v) is 9.03. The van der Waals surface area contributed by atoms with Gasteiger partial charge < -0.3 is 21.1 Å². The number of amides is 1. The molecule has 0 atom stereocenters. The first-order valence-corrected chi connectivity index (χ1v) is 4.83. The number of halogens is 3. The molecule has 18 heavy (non-hydrogen) atoms. The normalized spacial score (nSPS) is 11.2. The molecule has 0 aliphatic rings. The monoisotopic (exact) mass is 262 g/mol. The Morgan fingerprint density at radius 1 is 1.39 bits per heavy atom. The SMILES string of the molecule is NCC(=O)Nc1cc(B(O)O)ccc1C(F)(F)F. The summed E-state index contributed by atoms with van der Waals surface area (Å²) in [5, 5.41) is 19.7. The van der Waals surface area contributed by atoms with Gasteiger partial charge in [0.1, 0.15) is 0 Å². The zero-order chi connectivity index (χ0) is 13.9. The van der Waals surface area contributed by atoms with Crippen LogP contribution in [0.5, 0.6) is 0 Å². The Morgan fingerprint density at radius 3 is 2.44 bits per heavy atom. The molecule has 0 saturated heterocycles. The van der Waals surface area contributed by atoms with Crippen LogP contribution in [0.15, 0.2) is 18.2 Å². The van der Waals surface area contributed by atoms with Crippen LogP contribution in [0.3, 0.4) is 0 Å². The van der Waals surface area contributed by atoms with Crippen molar-refractivity contribution in [1.82, 2.24) is 0 Å². The zero-order valence-electron chi connectivity index (χ0n) is 9.03. The van der Waals surface area contributed by atoms with Gasteiger partial charge in [-0.05, 0) is 17.6 Å². The number of rotatable bonds is 3. The van der Waals surface area contributed by atoms with Gasteiger partial charge in [0, 0.05) is 0 Å². The molecule has 1 amide bonds. The first-order chi connectivity index (χ1) is 8.25. The van der Waals surface area contributed by atoms with Crippen molar-refractivity contribution in [3.05, 3.63) is 23.8 Å². The summed E-state index contributed by atoms with van der Waals surface area (Å²) in [5.74, 6) is -0.815. The predicted octanol–water partition coefficient (Wildman–Crippen LogP) is -0.718. The number of anilines is 1. The van der Waals surface area contributed by atoms with Crippen LogP contribution in [0.2, 0.25) is 0 Å². The van der Waals surface area contributed by atoms with E-state index in [1.165, 1.54) is 0 Å². The molecule has 1 aromatic rings. The lowest BCUT2D eigenvalue weighted by molar-refractivity contribution is -0.137. The summed E-state index contributed by atoms with van der Waals surface area (Å²) in [5.41, 5.74) is 3.16. The smallest absolute Gasteiger partial charge is 0.423 e. The van der Waals surface area contributed by atoms with E-state index in [9.17, 15) is 18.0 Å². The van der Waals surface area contributed by atoms with Gasteiger partial charge in [0.05, 0.1) is 17.8 Å². The standard InChI is InChI=1S/C9H10BF3N2O3/c11-9(12,13)6-2-1-5(10(17)18)3-7(6)15-8(16)4-14/h1-3,17-18H,4,14H2,(H,15,16). The second kappa shape index (κ2) is 5.38. The van der Waals surface area contributed by atoms with Crippen molar-refractivity contribution in [3.63, 3.8) is 0 Å². The van der Waals surface area contributed by atoms with Crippen molar-refractivity contribution in [2.24, 2.45) is 5.73 Å². The van der Waals surface area contributed by atoms with Crippen molar-refractivity contribution >= 4 is 24.2 Å². The highest BCUT2D eigenvalue weighted by Crippen LogP contribution is 2.34. The van der Waals surface area contributed by atoms with Gasteiger partial charge in [0.25, 0.3) is 0 Å². The molecule has 0 aromatic heterocycles. The first kappa shape index (κ1) is 14.5. The van der Waals surface area contributed by atoms with Crippen LogP contribution >= 0.6 is 0 Å². The molecule has 0 bridgehead atoms. The molecule has 9 heteroatoms. The molecular formula is C9H10BF3N2O3. The summed E-state index contributed by atoms with van der Waals surface area (Å²) in [6.07, 6.45) is -4.67. The fraction of sp³-hybridized carbons (Fsp3) is 0.222. The molecule has 5 N–H and O–H groups in total. The van der Waals surface area contributed by atoms with Gasteiger partial charge >= 0.3 is 13.3 Å². The Hall–Kier alpha value is -1.58. The molecule has 0 heterocycles. The molecule has 0 radical (unpaired) electrons. The van der Waals surface area contributed by atoms with Crippen LogP contribution in [0.1, 0.15) is 5.56 Å². The summed E-state index contributed by atoms with van der Waals surface area (Å²) in [6, 6.07) is 2.40. The maximum absolute atomic E-state index is 12.6. The maximum atomic E-state index is 12.6. The Balaban J connectivity index is 3.22. The molecule has 0 aliphatic heterocycles. The highest BCUT2D eigenvalue weighted by Gasteiger charge is 2.34. The minimum absolute atomic E-state index is 0.171. The van der Waals surface area contributed by atoms with Crippen LogP contribution in [-0.2, 0) is 11.0 Å². The molecule has 5 nitrogen and oxygen atoms in total. The van der Waals surface area contributed by atoms with E-state index in [-0.39, 0.29) is 5.46 Å². The predicted molar refractivity (Wildman–Crippen MR) is 59.0 cm³/mol. The van der Waals surface area contributed by atoms with Gasteiger partial charge in [-0.15, -0.1) is 0 Å². The number of carbonyl (C=O) groups is 1. The van der Waals surface area contributed by atoms with Crippen LogP contribution in [0.25, 0.3) is 0 Å². The molecule has 0 unspecified atom stereocenters. The van der Waals surface area contributed by atoms with Crippen LogP contribution in [0.4, 0.5) is 18.9 Å². The van der Waals surface area contributed by atoms with E-state index in [0.29, 0.717) is 6.07 Å². The van der Waals surface area contributed by atoms with Gasteiger partial charge in [0.2, 0.25) is 5.91 Å². The number of hydrogen-bond acceptors (Lipinski definition) is 4. The summed E-state index contributed by atoms with van der Waals surface area (Å²) < 4.78 is 37.9. The third-order valence-electron chi connectivity index (χ3n) is 2.11. The molecule has 1 rings (SSSR count). The fourth-order valence-electron chi connectivity index (χ4n) is 1.27. The van der Waals surface area contributed by atoms with Gasteiger partial charge in [-0.3, -0.25) is 4.79 Å². The molecule has 0 aliphatic carbocycles. The van der Waals surface area contributed by atoms with Gasteiger partial charge in [-0.25, -0.2) is 0 Å². The second-order valence-corrected chi connectivity index (χ2v) is 3.43. The van der Waals surface area contributed by atoms with Gasteiger partial charge in [0.15, 0.2) is 0 Å². The van der Waals surface area contributed by atoms with Crippen LogP contribution in [0, 0.1) is 0 Å². The quantitative estimate of drug-likeness (QED) is 0.541. The van der Waals surface area contributed by atoms with E-state index in [2.05, 4.69) is 0 Å². The molecule has 0 saturated carbocycles. The average molecular weight is 262 g/mol. The minimum atomic E-state index is -4.67. The lowest BCUT2D eigenvalue weighted by Gasteiger charge is -2.14. The van der Waals surface area contributed by atoms with Crippen molar-refractivity contribution < 1.29 is 28.0 Å². The summed E-state index contributed by atoms with van der Waals surface area (Å²) >= 11 is 0. The fourth-order valence-corrected chi connectivity index (χ4v) is 1.27. The topological polar surface area (TPSA) is 95.6 Å². The lowest BCUT2D eigenvalue weighted by Crippen LogP contribution is -2.31. The Bertz CT molecular complexity index is 451. The Morgan fingerprint density at radius 2 is 2.00 bits per heavy atom. The highest BCUT2D eigenvalue weighted by molar-refractivity contribution is 6.58. The highest BCUT2D eigenvalue weighted by atomic mass is 19.4. The number of nitrogens with one attached hydrogen (secondary N) is 1. The van der Waals surface area contributed by atoms with E-state index in [4.69, 9.17) is 15.8 Å². The van der Waals surface area contributed by atoms with Crippen molar-refractivity contribution in [2.45, 2.75) is 6.18 Å². The van der Waals surface area contributed by atoms with E-state index < -0.39 is 37.0 Å². The number of benzene rings is 1. The molecule has 0 fully saturated rings. The minimum Gasteiger partial charge on any atom is -0.423 e. The average Bonchev–Trinajstić information content (AvgIpc) is 2.27. The number of hydrogen-bond donors (Lipinski definition) is 4. The summed E-state index contributed by atoms with van der Waals surface area (Å²) in [7, 11) is -1.93. The molecule has 98 valence electrons. The number of nitrogens with two attached hydrogens (primary N) is 1. The first-order valence-electron chi connectivity index (χ1n) is 4.83. The van der Waals surface area contributed by atoms with Crippen LogP contribution < -0.4 is 16.5 Å². The molecular weight excluding hydrogens is 252 g/mol. The van der Waals surface area contributed by atoms with Gasteiger partial charge in [-0.1, -0.05) is 6.07 Å². The largest absolute Gasteiger partial charge is 0.488 e. The summed E-state index contributed by atoms with van der Waals surface area (Å²) in [6.45, 7) is -0.483. The van der Waals surface area contributed by atoms with E-state index in [0.717, 1.165) is 12.1 Å². The Kier molecular flexibility index (Phi) is 4.33. The van der Waals surface area contributed by atoms with Crippen molar-refractivity contribution in [1.29, 1.82) is 0 Å². The van der Waals surface area contributed by atoms with Gasteiger partial charge in [-0.2, -0.15) is 13.2 Å². The molecule has 1 aromatic carbocycles. The van der Waals surface area contributed by atoms with Crippen LogP contribution in [-0.4, -0.2) is 29.6 Å².